The van der Waals surface area contributed by atoms with E-state index in [1.54, 1.807) is 7.11 Å². The summed E-state index contributed by atoms with van der Waals surface area (Å²) < 4.78 is 5.17. The van der Waals surface area contributed by atoms with Crippen molar-refractivity contribution in [3.05, 3.63) is 30.0 Å². The summed E-state index contributed by atoms with van der Waals surface area (Å²) in [6, 6.07) is 5.74. The standard InChI is InChI=1S/C12H16N2O2/c1-16-8-2-3-11-9(6-8)10(7-14-11)12(15)4-5-13/h2-3,6-7,12,14-15H,4-5,13H2,1H3. The van der Waals surface area contributed by atoms with E-state index in [9.17, 15) is 5.11 Å². The van der Waals surface area contributed by atoms with E-state index >= 15 is 0 Å². The Morgan fingerprint density at radius 3 is 3.00 bits per heavy atom. The maximum atomic E-state index is 9.93. The van der Waals surface area contributed by atoms with Crippen LogP contribution in [-0.4, -0.2) is 23.7 Å². The van der Waals surface area contributed by atoms with Crippen LogP contribution < -0.4 is 10.5 Å². The number of fused-ring (bicyclic) bond motifs is 1. The second kappa shape index (κ2) is 4.55. The topological polar surface area (TPSA) is 71.3 Å². The molecular formula is C12H16N2O2. The number of aromatic nitrogens is 1. The highest BCUT2D eigenvalue weighted by molar-refractivity contribution is 5.85. The molecule has 0 aliphatic heterocycles. The van der Waals surface area contributed by atoms with Gasteiger partial charge >= 0.3 is 0 Å². The highest BCUT2D eigenvalue weighted by Crippen LogP contribution is 2.28. The Morgan fingerprint density at radius 1 is 1.50 bits per heavy atom. The van der Waals surface area contributed by atoms with Crippen molar-refractivity contribution in [2.24, 2.45) is 5.73 Å². The van der Waals surface area contributed by atoms with Crippen molar-refractivity contribution in [2.45, 2.75) is 12.5 Å². The smallest absolute Gasteiger partial charge is 0.119 e. The fourth-order valence-corrected chi connectivity index (χ4v) is 1.84. The van der Waals surface area contributed by atoms with Crippen molar-refractivity contribution in [1.29, 1.82) is 0 Å². The Balaban J connectivity index is 2.45. The van der Waals surface area contributed by atoms with E-state index in [4.69, 9.17) is 10.5 Å². The second-order valence-corrected chi connectivity index (χ2v) is 3.75. The molecule has 0 spiro atoms. The normalized spacial score (nSPS) is 12.9. The van der Waals surface area contributed by atoms with Gasteiger partial charge in [0.1, 0.15) is 5.75 Å². The van der Waals surface area contributed by atoms with Crippen molar-refractivity contribution in [3.8, 4) is 5.75 Å². The summed E-state index contributed by atoms with van der Waals surface area (Å²) in [7, 11) is 1.63. The molecule has 1 heterocycles. The fraction of sp³-hybridized carbons (Fsp3) is 0.333. The van der Waals surface area contributed by atoms with E-state index in [0.717, 1.165) is 22.2 Å². The molecule has 0 radical (unpaired) electrons. The SMILES string of the molecule is COc1ccc2[nH]cc(C(O)CCN)c2c1. The van der Waals surface area contributed by atoms with Crippen LogP contribution in [0.3, 0.4) is 0 Å². The number of aromatic amines is 1. The van der Waals surface area contributed by atoms with E-state index in [2.05, 4.69) is 4.98 Å². The average Bonchev–Trinajstić information content (AvgIpc) is 2.71. The molecule has 0 aliphatic rings. The lowest BCUT2D eigenvalue weighted by Crippen LogP contribution is -2.06. The van der Waals surface area contributed by atoms with E-state index in [1.165, 1.54) is 0 Å². The van der Waals surface area contributed by atoms with Crippen LogP contribution in [0.1, 0.15) is 18.1 Å². The molecule has 0 aliphatic carbocycles. The van der Waals surface area contributed by atoms with E-state index < -0.39 is 6.10 Å². The largest absolute Gasteiger partial charge is 0.497 e. The van der Waals surface area contributed by atoms with E-state index in [0.29, 0.717) is 13.0 Å². The average molecular weight is 220 g/mol. The third kappa shape index (κ3) is 1.89. The number of hydrogen-bond donors (Lipinski definition) is 3. The Kier molecular flexibility index (Phi) is 3.12. The summed E-state index contributed by atoms with van der Waals surface area (Å²) >= 11 is 0. The molecule has 16 heavy (non-hydrogen) atoms. The number of hydrogen-bond acceptors (Lipinski definition) is 3. The molecule has 0 fully saturated rings. The highest BCUT2D eigenvalue weighted by Gasteiger charge is 2.12. The van der Waals surface area contributed by atoms with Gasteiger partial charge in [-0.2, -0.15) is 0 Å². The summed E-state index contributed by atoms with van der Waals surface area (Å²) in [5.74, 6) is 0.785. The molecule has 2 rings (SSSR count). The molecular weight excluding hydrogens is 204 g/mol. The number of nitrogens with one attached hydrogen (secondary N) is 1. The first-order valence-corrected chi connectivity index (χ1v) is 5.29. The first-order chi connectivity index (χ1) is 7.76. The van der Waals surface area contributed by atoms with Gasteiger partial charge in [0.15, 0.2) is 0 Å². The van der Waals surface area contributed by atoms with Gasteiger partial charge in [0.05, 0.1) is 13.2 Å². The Bertz CT molecular complexity index is 479. The van der Waals surface area contributed by atoms with Crippen LogP contribution >= 0.6 is 0 Å². The Morgan fingerprint density at radius 2 is 2.31 bits per heavy atom. The van der Waals surface area contributed by atoms with Gasteiger partial charge in [-0.3, -0.25) is 0 Å². The number of nitrogens with two attached hydrogens (primary N) is 1. The number of aliphatic hydroxyl groups is 1. The van der Waals surface area contributed by atoms with E-state index in [-0.39, 0.29) is 0 Å². The van der Waals surface area contributed by atoms with Gasteiger partial charge in [0.25, 0.3) is 0 Å². The quantitative estimate of drug-likeness (QED) is 0.732. The van der Waals surface area contributed by atoms with Crippen molar-refractivity contribution < 1.29 is 9.84 Å². The maximum Gasteiger partial charge on any atom is 0.119 e. The molecule has 0 bridgehead atoms. The van der Waals surface area contributed by atoms with Crippen molar-refractivity contribution in [1.82, 2.24) is 4.98 Å². The predicted octanol–water partition coefficient (Wildman–Crippen LogP) is 1.56. The van der Waals surface area contributed by atoms with Crippen LogP contribution in [0.5, 0.6) is 5.75 Å². The molecule has 0 saturated heterocycles. The van der Waals surface area contributed by atoms with Crippen LogP contribution in [0.4, 0.5) is 0 Å². The molecule has 4 nitrogen and oxygen atoms in total. The van der Waals surface area contributed by atoms with Crippen molar-refractivity contribution >= 4 is 10.9 Å². The van der Waals surface area contributed by atoms with Gasteiger partial charge in [0, 0.05) is 22.7 Å². The van der Waals surface area contributed by atoms with E-state index in [1.807, 2.05) is 24.4 Å². The lowest BCUT2D eigenvalue weighted by Gasteiger charge is -2.08. The van der Waals surface area contributed by atoms with Gasteiger partial charge in [-0.1, -0.05) is 0 Å². The fourth-order valence-electron chi connectivity index (χ4n) is 1.84. The summed E-state index contributed by atoms with van der Waals surface area (Å²) in [4.78, 5) is 3.12. The molecule has 1 atom stereocenters. The Hall–Kier alpha value is -1.52. The number of H-pyrrole nitrogens is 1. The minimum absolute atomic E-state index is 0.470. The van der Waals surface area contributed by atoms with Crippen LogP contribution in [0.25, 0.3) is 10.9 Å². The molecule has 1 aromatic heterocycles. The van der Waals surface area contributed by atoms with Gasteiger partial charge in [-0.05, 0) is 31.2 Å². The molecule has 0 amide bonds. The van der Waals surface area contributed by atoms with Crippen molar-refractivity contribution in [3.63, 3.8) is 0 Å². The van der Waals surface area contributed by atoms with Crippen LogP contribution in [0, 0.1) is 0 Å². The first-order valence-electron chi connectivity index (χ1n) is 5.29. The molecule has 2 aromatic rings. The summed E-state index contributed by atoms with van der Waals surface area (Å²) in [6.45, 7) is 0.470. The zero-order valence-electron chi connectivity index (χ0n) is 9.23. The van der Waals surface area contributed by atoms with Gasteiger partial charge < -0.3 is 20.6 Å². The molecule has 4 heteroatoms. The highest BCUT2D eigenvalue weighted by atomic mass is 16.5. The van der Waals surface area contributed by atoms with Gasteiger partial charge in [-0.25, -0.2) is 0 Å². The number of methoxy groups -OCH3 is 1. The lowest BCUT2D eigenvalue weighted by molar-refractivity contribution is 0.172. The molecule has 0 saturated carbocycles. The second-order valence-electron chi connectivity index (χ2n) is 3.75. The predicted molar refractivity (Wildman–Crippen MR) is 63.5 cm³/mol. The number of aliphatic hydroxyl groups excluding tert-OH is 1. The van der Waals surface area contributed by atoms with Gasteiger partial charge in [0.2, 0.25) is 0 Å². The maximum absolute atomic E-state index is 9.93. The Labute approximate surface area is 94.0 Å². The van der Waals surface area contributed by atoms with Crippen LogP contribution in [0.15, 0.2) is 24.4 Å². The molecule has 86 valence electrons. The zero-order valence-corrected chi connectivity index (χ0v) is 9.23. The van der Waals surface area contributed by atoms with Crippen LogP contribution in [0.2, 0.25) is 0 Å². The number of rotatable bonds is 4. The summed E-state index contributed by atoms with van der Waals surface area (Å²) in [5.41, 5.74) is 7.31. The third-order valence-electron chi connectivity index (χ3n) is 2.72. The zero-order chi connectivity index (χ0) is 11.5. The third-order valence-corrected chi connectivity index (χ3v) is 2.72. The summed E-state index contributed by atoms with van der Waals surface area (Å²) in [5, 5.41) is 10.9. The van der Waals surface area contributed by atoms with Gasteiger partial charge in [-0.15, -0.1) is 0 Å². The molecule has 4 N–H and O–H groups in total. The first kappa shape index (κ1) is 11.0. The summed E-state index contributed by atoms with van der Waals surface area (Å²) in [6.07, 6.45) is 1.86. The minimum Gasteiger partial charge on any atom is -0.497 e. The minimum atomic E-state index is -0.522. The number of ether oxygens (including phenoxy) is 1. The lowest BCUT2D eigenvalue weighted by atomic mass is 10.1. The van der Waals surface area contributed by atoms with Crippen molar-refractivity contribution in [2.75, 3.05) is 13.7 Å². The van der Waals surface area contributed by atoms with Crippen LogP contribution in [-0.2, 0) is 0 Å². The molecule has 1 unspecified atom stereocenters. The molecule has 1 aromatic carbocycles. The monoisotopic (exact) mass is 220 g/mol. The number of benzene rings is 1.